The number of methoxy groups -OCH3 is 1. The summed E-state index contributed by atoms with van der Waals surface area (Å²) in [6, 6.07) is 5.73. The van der Waals surface area contributed by atoms with Crippen molar-refractivity contribution in [1.82, 2.24) is 9.78 Å². The molecule has 0 amide bonds. The van der Waals surface area contributed by atoms with Crippen molar-refractivity contribution in [2.75, 3.05) is 7.11 Å². The molecule has 2 aromatic rings. The van der Waals surface area contributed by atoms with E-state index in [9.17, 15) is 18.0 Å². The van der Waals surface area contributed by atoms with Crippen molar-refractivity contribution in [2.24, 2.45) is 0 Å². The lowest BCUT2D eigenvalue weighted by atomic mass is 10.3. The number of aromatic amines is 1. The van der Waals surface area contributed by atoms with Crippen LogP contribution in [0.1, 0.15) is 5.69 Å². The molecule has 2 rings (SSSR count). The SMILES string of the molecule is COc1ccc(-n2[nH]c(C(F)(F)F)c([N+]#N)c2=O)cc1. The third-order valence-electron chi connectivity index (χ3n) is 2.58. The minimum Gasteiger partial charge on any atom is -0.497 e. The summed E-state index contributed by atoms with van der Waals surface area (Å²) in [7, 11) is 1.43. The first kappa shape index (κ1) is 13.7. The normalized spacial score (nSPS) is 11.2. The van der Waals surface area contributed by atoms with Crippen LogP contribution >= 0.6 is 0 Å². The standard InChI is InChI=1S/C11H7F3N4O2/c1-20-7-4-2-6(3-5-7)18-10(19)8(16-15)9(17-18)11(12,13)14/h2-5H,1H3/p+1. The maximum absolute atomic E-state index is 12.7. The summed E-state index contributed by atoms with van der Waals surface area (Å²) in [5.41, 5.74) is -3.46. The molecule has 1 aromatic heterocycles. The van der Waals surface area contributed by atoms with Gasteiger partial charge in [-0.05, 0) is 24.3 Å². The van der Waals surface area contributed by atoms with Crippen molar-refractivity contribution >= 4 is 5.69 Å². The van der Waals surface area contributed by atoms with E-state index in [0.717, 1.165) is 0 Å². The number of benzene rings is 1. The molecule has 6 nitrogen and oxygen atoms in total. The zero-order valence-corrected chi connectivity index (χ0v) is 10.1. The predicted octanol–water partition coefficient (Wildman–Crippen LogP) is 2.68. The number of nitrogens with one attached hydrogen (secondary N) is 1. The van der Waals surface area contributed by atoms with Crippen LogP contribution in [0.5, 0.6) is 5.75 Å². The Morgan fingerprint density at radius 3 is 2.30 bits per heavy atom. The van der Waals surface area contributed by atoms with Crippen LogP contribution in [0.3, 0.4) is 0 Å². The zero-order chi connectivity index (χ0) is 14.9. The lowest BCUT2D eigenvalue weighted by molar-refractivity contribution is -0.140. The fourth-order valence-corrected chi connectivity index (χ4v) is 1.63. The van der Waals surface area contributed by atoms with Crippen LogP contribution in [0.15, 0.2) is 29.1 Å². The highest BCUT2D eigenvalue weighted by atomic mass is 19.4. The van der Waals surface area contributed by atoms with Crippen LogP contribution in [0.2, 0.25) is 0 Å². The first-order valence-corrected chi connectivity index (χ1v) is 5.30. The second-order valence-electron chi connectivity index (χ2n) is 3.77. The molecule has 0 spiro atoms. The third-order valence-corrected chi connectivity index (χ3v) is 2.58. The topological polar surface area (TPSA) is 75.2 Å². The van der Waals surface area contributed by atoms with E-state index in [0.29, 0.717) is 10.4 Å². The monoisotopic (exact) mass is 285 g/mol. The Morgan fingerprint density at radius 2 is 1.90 bits per heavy atom. The Labute approximate surface area is 110 Å². The number of hydrogen-bond acceptors (Lipinski definition) is 3. The third kappa shape index (κ3) is 2.23. The van der Waals surface area contributed by atoms with Gasteiger partial charge in [-0.15, -0.1) is 0 Å². The van der Waals surface area contributed by atoms with Crippen LogP contribution in [0.4, 0.5) is 18.9 Å². The van der Waals surface area contributed by atoms with Gasteiger partial charge < -0.3 is 4.74 Å². The fraction of sp³-hybridized carbons (Fsp3) is 0.182. The van der Waals surface area contributed by atoms with Gasteiger partial charge in [-0.2, -0.15) is 13.2 Å². The summed E-state index contributed by atoms with van der Waals surface area (Å²) in [6.45, 7) is 0. The van der Waals surface area contributed by atoms with E-state index in [1.165, 1.54) is 31.4 Å². The number of alkyl halides is 3. The summed E-state index contributed by atoms with van der Waals surface area (Å²) in [4.78, 5) is 14.2. The van der Waals surface area contributed by atoms with Crippen molar-refractivity contribution < 1.29 is 17.9 Å². The Bertz CT molecular complexity index is 722. The van der Waals surface area contributed by atoms with Crippen molar-refractivity contribution in [3.05, 3.63) is 45.3 Å². The molecule has 1 N–H and O–H groups in total. The van der Waals surface area contributed by atoms with Gasteiger partial charge in [-0.1, -0.05) is 0 Å². The van der Waals surface area contributed by atoms with Gasteiger partial charge in [0.2, 0.25) is 11.1 Å². The van der Waals surface area contributed by atoms with Crippen LogP contribution in [-0.4, -0.2) is 16.9 Å². The highest BCUT2D eigenvalue weighted by Gasteiger charge is 2.45. The second kappa shape index (κ2) is 4.73. The highest BCUT2D eigenvalue weighted by Crippen LogP contribution is 2.33. The number of aromatic nitrogens is 2. The van der Waals surface area contributed by atoms with Crippen molar-refractivity contribution in [1.29, 1.82) is 5.39 Å². The lowest BCUT2D eigenvalue weighted by Gasteiger charge is -2.04. The molecular formula is C11H8F3N4O2+. The molecule has 0 radical (unpaired) electrons. The Balaban J connectivity index is 2.61. The summed E-state index contributed by atoms with van der Waals surface area (Å²) >= 11 is 0. The van der Waals surface area contributed by atoms with Gasteiger partial charge in [-0.25, -0.2) is 4.68 Å². The van der Waals surface area contributed by atoms with Crippen LogP contribution in [-0.2, 0) is 6.18 Å². The molecule has 9 heteroatoms. The molecule has 1 heterocycles. The summed E-state index contributed by atoms with van der Waals surface area (Å²) in [5.74, 6) is 0.483. The highest BCUT2D eigenvalue weighted by molar-refractivity contribution is 5.50. The van der Waals surface area contributed by atoms with Gasteiger partial charge in [-0.3, -0.25) is 9.89 Å². The maximum atomic E-state index is 12.7. The van der Waals surface area contributed by atoms with Crippen molar-refractivity contribution in [3.63, 3.8) is 0 Å². The molecule has 0 saturated carbocycles. The van der Waals surface area contributed by atoms with Crippen LogP contribution < -0.4 is 10.3 Å². The number of hydrogen-bond donors (Lipinski definition) is 1. The molecule has 20 heavy (non-hydrogen) atoms. The van der Waals surface area contributed by atoms with Gasteiger partial charge in [0.25, 0.3) is 0 Å². The number of H-pyrrole nitrogens is 1. The van der Waals surface area contributed by atoms with Crippen LogP contribution in [0.25, 0.3) is 10.7 Å². The average Bonchev–Trinajstić information content (AvgIpc) is 2.76. The van der Waals surface area contributed by atoms with Gasteiger partial charge >= 0.3 is 17.4 Å². The van der Waals surface area contributed by atoms with Gasteiger partial charge in [0, 0.05) is 0 Å². The van der Waals surface area contributed by atoms with E-state index in [1.807, 2.05) is 5.10 Å². The second-order valence-corrected chi connectivity index (χ2v) is 3.77. The average molecular weight is 285 g/mol. The van der Waals surface area contributed by atoms with E-state index in [2.05, 4.69) is 4.98 Å². The van der Waals surface area contributed by atoms with E-state index in [1.54, 1.807) is 0 Å². The largest absolute Gasteiger partial charge is 0.497 e. The van der Waals surface area contributed by atoms with E-state index >= 15 is 0 Å². The number of halogens is 3. The fourth-order valence-electron chi connectivity index (χ4n) is 1.63. The first-order valence-electron chi connectivity index (χ1n) is 5.30. The molecule has 0 bridgehead atoms. The number of nitrogens with zero attached hydrogens (tertiary/aromatic N) is 3. The molecule has 0 aliphatic rings. The van der Waals surface area contributed by atoms with Gasteiger partial charge in [0.15, 0.2) is 4.98 Å². The van der Waals surface area contributed by atoms with E-state index in [4.69, 9.17) is 10.1 Å². The van der Waals surface area contributed by atoms with Gasteiger partial charge in [0.05, 0.1) is 12.8 Å². The molecule has 104 valence electrons. The molecule has 0 atom stereocenters. The number of ether oxygens (including phenoxy) is 1. The molecular weight excluding hydrogens is 277 g/mol. The Morgan fingerprint density at radius 1 is 1.30 bits per heavy atom. The van der Waals surface area contributed by atoms with Gasteiger partial charge in [0.1, 0.15) is 5.75 Å². The number of diazo groups is 1. The number of rotatable bonds is 2. The minimum atomic E-state index is -4.83. The Hall–Kier alpha value is -2.76. The summed E-state index contributed by atoms with van der Waals surface area (Å²) in [5, 5.41) is 10.5. The molecule has 1 aromatic carbocycles. The summed E-state index contributed by atoms with van der Waals surface area (Å²) in [6.07, 6.45) is -4.83. The summed E-state index contributed by atoms with van der Waals surface area (Å²) < 4.78 is 43.6. The molecule has 0 fully saturated rings. The molecule has 0 aliphatic carbocycles. The molecule has 0 aliphatic heterocycles. The predicted molar refractivity (Wildman–Crippen MR) is 62.7 cm³/mol. The smallest absolute Gasteiger partial charge is 0.480 e. The van der Waals surface area contributed by atoms with Crippen molar-refractivity contribution in [2.45, 2.75) is 6.18 Å². The quantitative estimate of drug-likeness (QED) is 0.862. The molecule has 0 unspecified atom stereocenters. The first-order chi connectivity index (χ1) is 9.38. The minimum absolute atomic E-state index is 0.149. The van der Waals surface area contributed by atoms with E-state index in [-0.39, 0.29) is 5.69 Å². The zero-order valence-electron chi connectivity index (χ0n) is 10.1. The Kier molecular flexibility index (Phi) is 3.23. The van der Waals surface area contributed by atoms with E-state index < -0.39 is 23.1 Å². The van der Waals surface area contributed by atoms with Crippen molar-refractivity contribution in [3.8, 4) is 11.4 Å². The molecule has 0 saturated heterocycles. The lowest BCUT2D eigenvalue weighted by Crippen LogP contribution is -2.13. The maximum Gasteiger partial charge on any atom is 0.480 e. The van der Waals surface area contributed by atoms with Crippen LogP contribution in [0, 0.1) is 5.39 Å².